The molecule has 0 aromatic heterocycles. The summed E-state index contributed by atoms with van der Waals surface area (Å²) in [5, 5.41) is 6.69. The van der Waals surface area contributed by atoms with Crippen molar-refractivity contribution in [2.24, 2.45) is 0 Å². The smallest absolute Gasteiger partial charge is 0.314 e. The second-order valence-electron chi connectivity index (χ2n) is 11.7. The SMILES string of the molecule is CCOCCNC(=O)NCCCCCC(=O)CCCOCCOCCNS(=O)(=O)c1cccc([C@@H]2CN(C)Cc3c(Cl)cc(Cl)cc32)c1. The zero-order valence-electron chi connectivity index (χ0n) is 28.0. The van der Waals surface area contributed by atoms with Crippen LogP contribution in [0.3, 0.4) is 0 Å². The highest BCUT2D eigenvalue weighted by molar-refractivity contribution is 7.89. The number of halogens is 2. The molecular formula is C34H50Cl2N4O7S. The number of carbonyl (C=O) groups is 2. The van der Waals surface area contributed by atoms with E-state index >= 15 is 0 Å². The highest BCUT2D eigenvalue weighted by Gasteiger charge is 2.28. The van der Waals surface area contributed by atoms with Gasteiger partial charge in [-0.3, -0.25) is 4.79 Å². The summed E-state index contributed by atoms with van der Waals surface area (Å²) in [6.45, 7) is 6.97. The van der Waals surface area contributed by atoms with Crippen LogP contribution >= 0.6 is 23.2 Å². The molecule has 3 N–H and O–H groups in total. The molecule has 0 aliphatic carbocycles. The molecule has 0 unspecified atom stereocenters. The first-order valence-electron chi connectivity index (χ1n) is 16.6. The third-order valence-corrected chi connectivity index (χ3v) is 9.89. The maximum absolute atomic E-state index is 13.0. The molecule has 2 aromatic rings. The number of Topliss-reactive ketones (excluding diaryl/α,β-unsaturated/α-hetero) is 1. The van der Waals surface area contributed by atoms with Crippen molar-refractivity contribution >= 4 is 45.0 Å². The van der Waals surface area contributed by atoms with Crippen LogP contribution in [0.5, 0.6) is 0 Å². The molecule has 1 aliphatic heterocycles. The topological polar surface area (TPSA) is 135 Å². The van der Waals surface area contributed by atoms with Crippen molar-refractivity contribution in [2.45, 2.75) is 62.8 Å². The highest BCUT2D eigenvalue weighted by atomic mass is 35.5. The predicted octanol–water partition coefficient (Wildman–Crippen LogP) is 5.13. The number of benzene rings is 2. The van der Waals surface area contributed by atoms with Crippen LogP contribution in [0.4, 0.5) is 4.79 Å². The lowest BCUT2D eigenvalue weighted by Gasteiger charge is -2.33. The van der Waals surface area contributed by atoms with Gasteiger partial charge >= 0.3 is 6.03 Å². The Balaban J connectivity index is 1.23. The second kappa shape index (κ2) is 21.7. The van der Waals surface area contributed by atoms with E-state index in [1.54, 1.807) is 24.3 Å². The number of carbonyl (C=O) groups excluding carboxylic acids is 2. The number of urea groups is 1. The van der Waals surface area contributed by atoms with Gasteiger partial charge in [-0.15, -0.1) is 0 Å². The van der Waals surface area contributed by atoms with E-state index in [9.17, 15) is 18.0 Å². The molecule has 2 amide bonds. The summed E-state index contributed by atoms with van der Waals surface area (Å²) in [7, 11) is -1.73. The summed E-state index contributed by atoms with van der Waals surface area (Å²) in [5.74, 6) is 0.141. The van der Waals surface area contributed by atoms with Crippen LogP contribution in [0.1, 0.15) is 68.1 Å². The van der Waals surface area contributed by atoms with E-state index in [2.05, 4.69) is 20.3 Å². The summed E-state index contributed by atoms with van der Waals surface area (Å²) in [5.41, 5.74) is 2.90. The molecule has 48 heavy (non-hydrogen) atoms. The number of hydrogen-bond acceptors (Lipinski definition) is 8. The van der Waals surface area contributed by atoms with Gasteiger partial charge in [0.2, 0.25) is 10.0 Å². The Morgan fingerprint density at radius 2 is 1.60 bits per heavy atom. The first-order chi connectivity index (χ1) is 23.1. The van der Waals surface area contributed by atoms with Gasteiger partial charge in [-0.1, -0.05) is 41.8 Å². The number of fused-ring (bicyclic) bond motifs is 1. The fourth-order valence-corrected chi connectivity index (χ4v) is 7.08. The van der Waals surface area contributed by atoms with Gasteiger partial charge in [-0.05, 0) is 74.2 Å². The third-order valence-electron chi connectivity index (χ3n) is 7.87. The Bertz CT molecular complexity index is 1410. The van der Waals surface area contributed by atoms with Crippen molar-refractivity contribution in [1.29, 1.82) is 0 Å². The van der Waals surface area contributed by atoms with E-state index in [1.807, 2.05) is 26.1 Å². The average molecular weight is 730 g/mol. The number of sulfonamides is 1. The maximum atomic E-state index is 13.0. The summed E-state index contributed by atoms with van der Waals surface area (Å²) in [6, 6.07) is 10.4. The minimum Gasteiger partial charge on any atom is -0.380 e. The van der Waals surface area contributed by atoms with Gasteiger partial charge in [0.05, 0.1) is 31.3 Å². The van der Waals surface area contributed by atoms with E-state index < -0.39 is 10.0 Å². The maximum Gasteiger partial charge on any atom is 0.314 e. The largest absolute Gasteiger partial charge is 0.380 e. The number of ketones is 1. The zero-order valence-corrected chi connectivity index (χ0v) is 30.4. The Morgan fingerprint density at radius 1 is 0.875 bits per heavy atom. The number of unbranched alkanes of at least 4 members (excludes halogenated alkanes) is 2. The Hall–Kier alpha value is -2.29. The number of nitrogens with one attached hydrogen (secondary N) is 3. The van der Waals surface area contributed by atoms with E-state index in [1.165, 1.54) is 0 Å². The summed E-state index contributed by atoms with van der Waals surface area (Å²) in [6.07, 6.45) is 4.14. The van der Waals surface area contributed by atoms with Gasteiger partial charge in [-0.25, -0.2) is 17.9 Å². The Morgan fingerprint density at radius 3 is 2.40 bits per heavy atom. The number of hydrogen-bond donors (Lipinski definition) is 3. The van der Waals surface area contributed by atoms with Crippen LogP contribution in [-0.2, 0) is 35.6 Å². The molecule has 3 rings (SSSR count). The lowest BCUT2D eigenvalue weighted by Crippen LogP contribution is -2.37. The van der Waals surface area contributed by atoms with Gasteiger partial charge in [0.25, 0.3) is 0 Å². The molecular weight excluding hydrogens is 679 g/mol. The van der Waals surface area contributed by atoms with Crippen LogP contribution in [0, 0.1) is 0 Å². The van der Waals surface area contributed by atoms with Crippen LogP contribution in [0.25, 0.3) is 0 Å². The lowest BCUT2D eigenvalue weighted by molar-refractivity contribution is -0.119. The molecule has 1 atom stereocenters. The van der Waals surface area contributed by atoms with Crippen molar-refractivity contribution in [2.75, 3.05) is 72.9 Å². The van der Waals surface area contributed by atoms with Crippen LogP contribution in [0.15, 0.2) is 41.3 Å². The van der Waals surface area contributed by atoms with E-state index in [0.717, 1.165) is 36.0 Å². The number of amides is 2. The molecule has 0 saturated heterocycles. The van der Waals surface area contributed by atoms with Gasteiger partial charge in [0.15, 0.2) is 0 Å². The second-order valence-corrected chi connectivity index (χ2v) is 14.3. The molecule has 1 heterocycles. The fourth-order valence-electron chi connectivity index (χ4n) is 5.45. The molecule has 0 saturated carbocycles. The molecule has 14 heteroatoms. The minimum absolute atomic E-state index is 0.0668. The van der Waals surface area contributed by atoms with Crippen molar-refractivity contribution in [1.82, 2.24) is 20.3 Å². The number of likely N-dealkylation sites (N-methyl/N-ethyl adjacent to an activating group) is 1. The summed E-state index contributed by atoms with van der Waals surface area (Å²) < 4.78 is 44.9. The van der Waals surface area contributed by atoms with E-state index in [-0.39, 0.29) is 35.8 Å². The summed E-state index contributed by atoms with van der Waals surface area (Å²) >= 11 is 12.8. The third kappa shape index (κ3) is 14.3. The van der Waals surface area contributed by atoms with Crippen molar-refractivity contribution < 1.29 is 32.2 Å². The number of rotatable bonds is 23. The quantitative estimate of drug-likeness (QED) is 0.134. The molecule has 1 aliphatic rings. The summed E-state index contributed by atoms with van der Waals surface area (Å²) in [4.78, 5) is 26.0. The van der Waals surface area contributed by atoms with Crippen molar-refractivity contribution in [3.05, 3.63) is 63.1 Å². The lowest BCUT2D eigenvalue weighted by atomic mass is 9.85. The standard InChI is InChI=1S/C34H50Cl2N4O7S/c1-3-45-17-14-38-34(42)37-13-6-4-5-10-28(41)11-8-16-46-19-20-47-18-15-39-48(43,44)29-12-7-9-26(21-29)31-24-40(2)25-32-30(31)22-27(35)23-33(32)36/h7,9,12,21-23,31,39H,3-6,8,10-11,13-20,24-25H2,1-2H3,(H2,37,38,42)/t31-/m0/s1. The minimum atomic E-state index is -3.74. The molecule has 0 bridgehead atoms. The Kier molecular flexibility index (Phi) is 18.2. The molecule has 2 aromatic carbocycles. The molecule has 0 fully saturated rings. The normalized spacial score (nSPS) is 14.9. The first-order valence-corrected chi connectivity index (χ1v) is 18.9. The van der Waals surface area contributed by atoms with Crippen LogP contribution in [-0.4, -0.2) is 98.0 Å². The van der Waals surface area contributed by atoms with Gasteiger partial charge in [0, 0.05) is 74.7 Å². The zero-order chi connectivity index (χ0) is 34.8. The average Bonchev–Trinajstić information content (AvgIpc) is 3.05. The highest BCUT2D eigenvalue weighted by Crippen LogP contribution is 2.38. The van der Waals surface area contributed by atoms with Crippen molar-refractivity contribution in [3.63, 3.8) is 0 Å². The Labute approximate surface area is 295 Å². The number of nitrogens with zero attached hydrogens (tertiary/aromatic N) is 1. The van der Waals surface area contributed by atoms with Gasteiger partial charge in [0.1, 0.15) is 5.78 Å². The van der Waals surface area contributed by atoms with Crippen LogP contribution in [0.2, 0.25) is 10.0 Å². The molecule has 11 nitrogen and oxygen atoms in total. The van der Waals surface area contributed by atoms with Crippen molar-refractivity contribution in [3.8, 4) is 0 Å². The molecule has 0 spiro atoms. The van der Waals surface area contributed by atoms with E-state index in [0.29, 0.717) is 88.5 Å². The molecule has 268 valence electrons. The van der Waals surface area contributed by atoms with Gasteiger partial charge < -0.3 is 29.7 Å². The fraction of sp³-hybridized carbons (Fsp3) is 0.588. The van der Waals surface area contributed by atoms with Crippen LogP contribution < -0.4 is 15.4 Å². The molecule has 0 radical (unpaired) electrons. The number of ether oxygens (including phenoxy) is 3. The predicted molar refractivity (Wildman–Crippen MR) is 189 cm³/mol. The van der Waals surface area contributed by atoms with E-state index in [4.69, 9.17) is 37.4 Å². The monoisotopic (exact) mass is 728 g/mol. The first kappa shape index (κ1) is 40.1. The van der Waals surface area contributed by atoms with Gasteiger partial charge in [-0.2, -0.15) is 0 Å².